The van der Waals surface area contributed by atoms with E-state index >= 15 is 0 Å². The van der Waals surface area contributed by atoms with Gasteiger partial charge in [-0.25, -0.2) is 4.98 Å². The number of hydrogen-bond acceptors (Lipinski definition) is 4. The number of nitrogens with one attached hydrogen (secondary N) is 2. The molecule has 0 atom stereocenters. The first-order chi connectivity index (χ1) is 13.7. The van der Waals surface area contributed by atoms with E-state index in [0.717, 1.165) is 26.6 Å². The number of amides is 2. The molecule has 1 heterocycles. The molecular formula is C22H17N3O2S. The van der Waals surface area contributed by atoms with E-state index in [0.29, 0.717) is 0 Å². The van der Waals surface area contributed by atoms with Crippen LogP contribution in [0, 0.1) is 0 Å². The van der Waals surface area contributed by atoms with E-state index in [-0.39, 0.29) is 17.4 Å². The number of hydrogen-bond donors (Lipinski definition) is 2. The van der Waals surface area contributed by atoms with Crippen molar-refractivity contribution in [2.24, 2.45) is 0 Å². The second kappa shape index (κ2) is 8.10. The van der Waals surface area contributed by atoms with Crippen LogP contribution >= 0.6 is 11.8 Å². The number of pyridine rings is 1. The molecular weight excluding hydrogens is 370 g/mol. The minimum absolute atomic E-state index is 0.198. The minimum Gasteiger partial charge on any atom is -0.272 e. The summed E-state index contributed by atoms with van der Waals surface area (Å²) in [5.74, 6) is -0.536. The number of rotatable bonds is 4. The summed E-state index contributed by atoms with van der Waals surface area (Å²) < 4.78 is 0. The molecule has 28 heavy (non-hydrogen) atoms. The largest absolute Gasteiger partial charge is 0.288 e. The average molecular weight is 387 g/mol. The quantitative estimate of drug-likeness (QED) is 0.411. The lowest BCUT2D eigenvalue weighted by molar-refractivity contribution is -0.119. The Labute approximate surface area is 166 Å². The summed E-state index contributed by atoms with van der Waals surface area (Å²) in [7, 11) is 0. The molecule has 0 radical (unpaired) electrons. The van der Waals surface area contributed by atoms with Gasteiger partial charge in [0.2, 0.25) is 5.91 Å². The SMILES string of the molecule is O=C(CSc1ccc2ccccc2c1)NNC(=O)c1ccc2ccccc2n1. The fourth-order valence-electron chi connectivity index (χ4n) is 2.83. The number of nitrogens with zero attached hydrogens (tertiary/aromatic N) is 1. The fraction of sp³-hybridized carbons (Fsp3) is 0.0455. The summed E-state index contributed by atoms with van der Waals surface area (Å²) >= 11 is 1.41. The highest BCUT2D eigenvalue weighted by Crippen LogP contribution is 2.23. The molecule has 4 rings (SSSR count). The van der Waals surface area contributed by atoms with Crippen molar-refractivity contribution < 1.29 is 9.59 Å². The highest BCUT2D eigenvalue weighted by atomic mass is 32.2. The van der Waals surface area contributed by atoms with Crippen molar-refractivity contribution in [1.29, 1.82) is 0 Å². The Balaban J connectivity index is 1.32. The van der Waals surface area contributed by atoms with Crippen LogP contribution in [0.5, 0.6) is 0 Å². The molecule has 5 nitrogen and oxygen atoms in total. The number of para-hydroxylation sites is 1. The minimum atomic E-state index is -0.449. The van der Waals surface area contributed by atoms with Crippen LogP contribution < -0.4 is 10.9 Å². The van der Waals surface area contributed by atoms with Crippen LogP contribution in [0.3, 0.4) is 0 Å². The molecule has 0 bridgehead atoms. The maximum absolute atomic E-state index is 12.2. The molecule has 2 amide bonds. The van der Waals surface area contributed by atoms with Gasteiger partial charge in [-0.2, -0.15) is 0 Å². The van der Waals surface area contributed by atoms with Crippen LogP contribution in [-0.4, -0.2) is 22.6 Å². The van der Waals surface area contributed by atoms with Crippen molar-refractivity contribution in [3.8, 4) is 0 Å². The third-order valence-corrected chi connectivity index (χ3v) is 5.23. The van der Waals surface area contributed by atoms with Crippen molar-refractivity contribution >= 4 is 45.3 Å². The lowest BCUT2D eigenvalue weighted by Crippen LogP contribution is -2.42. The molecule has 0 aliphatic carbocycles. The molecule has 1 aromatic heterocycles. The molecule has 0 spiro atoms. The second-order valence-corrected chi connectivity index (χ2v) is 7.24. The molecule has 0 saturated carbocycles. The van der Waals surface area contributed by atoms with E-state index < -0.39 is 5.91 Å². The lowest BCUT2D eigenvalue weighted by Gasteiger charge is -2.08. The Kier molecular flexibility index (Phi) is 5.21. The van der Waals surface area contributed by atoms with E-state index in [1.54, 1.807) is 6.07 Å². The van der Waals surface area contributed by atoms with Gasteiger partial charge in [-0.05, 0) is 35.0 Å². The number of benzene rings is 3. The highest BCUT2D eigenvalue weighted by Gasteiger charge is 2.10. The van der Waals surface area contributed by atoms with E-state index in [1.807, 2.05) is 72.8 Å². The molecule has 138 valence electrons. The maximum atomic E-state index is 12.2. The van der Waals surface area contributed by atoms with E-state index in [1.165, 1.54) is 11.8 Å². The Bertz CT molecular complexity index is 1180. The number of carbonyl (C=O) groups excluding carboxylic acids is 2. The summed E-state index contributed by atoms with van der Waals surface area (Å²) in [5.41, 5.74) is 5.83. The van der Waals surface area contributed by atoms with Crippen LogP contribution in [0.15, 0.2) is 83.8 Å². The van der Waals surface area contributed by atoms with Crippen LogP contribution in [0.25, 0.3) is 21.7 Å². The predicted octanol–water partition coefficient (Wildman–Crippen LogP) is 3.94. The van der Waals surface area contributed by atoms with Gasteiger partial charge in [0.25, 0.3) is 5.91 Å². The summed E-state index contributed by atoms with van der Waals surface area (Å²) in [6.07, 6.45) is 0. The van der Waals surface area contributed by atoms with Gasteiger partial charge in [0.05, 0.1) is 11.3 Å². The van der Waals surface area contributed by atoms with Crippen LogP contribution in [0.2, 0.25) is 0 Å². The van der Waals surface area contributed by atoms with Gasteiger partial charge in [0.1, 0.15) is 5.69 Å². The van der Waals surface area contributed by atoms with Crippen molar-refractivity contribution in [3.05, 3.63) is 84.6 Å². The van der Waals surface area contributed by atoms with Crippen molar-refractivity contribution in [1.82, 2.24) is 15.8 Å². The predicted molar refractivity (Wildman–Crippen MR) is 112 cm³/mol. The summed E-state index contributed by atoms with van der Waals surface area (Å²) in [6.45, 7) is 0. The first-order valence-electron chi connectivity index (χ1n) is 8.76. The number of aromatic nitrogens is 1. The zero-order valence-electron chi connectivity index (χ0n) is 14.9. The zero-order valence-corrected chi connectivity index (χ0v) is 15.7. The molecule has 4 aromatic rings. The van der Waals surface area contributed by atoms with Gasteiger partial charge >= 0.3 is 0 Å². The van der Waals surface area contributed by atoms with Gasteiger partial charge in [0, 0.05) is 10.3 Å². The monoisotopic (exact) mass is 387 g/mol. The summed E-state index contributed by atoms with van der Waals surface area (Å²) in [4.78, 5) is 29.6. The van der Waals surface area contributed by atoms with Crippen molar-refractivity contribution in [3.63, 3.8) is 0 Å². The van der Waals surface area contributed by atoms with Gasteiger partial charge in [-0.1, -0.05) is 54.6 Å². The summed E-state index contributed by atoms with van der Waals surface area (Å²) in [6, 6.07) is 25.1. The van der Waals surface area contributed by atoms with Gasteiger partial charge in [-0.15, -0.1) is 11.8 Å². The molecule has 0 fully saturated rings. The molecule has 0 aliphatic heterocycles. The first kappa shape index (κ1) is 18.0. The molecule has 6 heteroatoms. The Morgan fingerprint density at radius 3 is 2.36 bits per heavy atom. The third-order valence-electron chi connectivity index (χ3n) is 4.24. The van der Waals surface area contributed by atoms with Crippen LogP contribution in [0.1, 0.15) is 10.5 Å². The number of carbonyl (C=O) groups is 2. The normalized spacial score (nSPS) is 10.7. The highest BCUT2D eigenvalue weighted by molar-refractivity contribution is 8.00. The van der Waals surface area contributed by atoms with E-state index in [2.05, 4.69) is 15.8 Å². The first-order valence-corrected chi connectivity index (χ1v) is 9.74. The van der Waals surface area contributed by atoms with Gasteiger partial charge in [-0.3, -0.25) is 20.4 Å². The molecule has 0 saturated heterocycles. The Morgan fingerprint density at radius 1 is 0.786 bits per heavy atom. The molecule has 0 aliphatic rings. The summed E-state index contributed by atoms with van der Waals surface area (Å²) in [5, 5.41) is 3.24. The topological polar surface area (TPSA) is 71.1 Å². The zero-order chi connectivity index (χ0) is 19.3. The molecule has 2 N–H and O–H groups in total. The van der Waals surface area contributed by atoms with Crippen LogP contribution in [0.4, 0.5) is 0 Å². The Hall–Kier alpha value is -3.38. The molecule has 3 aromatic carbocycles. The maximum Gasteiger partial charge on any atom is 0.288 e. The Morgan fingerprint density at radius 2 is 1.50 bits per heavy atom. The van der Waals surface area contributed by atoms with Gasteiger partial charge in [0.15, 0.2) is 0 Å². The standard InChI is InChI=1S/C22H17N3O2S/c26-21(14-28-18-11-9-15-5-1-2-7-17(15)13-18)24-25-22(27)20-12-10-16-6-3-4-8-19(16)23-20/h1-13H,14H2,(H,24,26)(H,25,27). The van der Waals surface area contributed by atoms with Crippen molar-refractivity contribution in [2.75, 3.05) is 5.75 Å². The van der Waals surface area contributed by atoms with E-state index in [9.17, 15) is 9.59 Å². The average Bonchev–Trinajstić information content (AvgIpc) is 2.75. The van der Waals surface area contributed by atoms with Gasteiger partial charge < -0.3 is 0 Å². The number of thioether (sulfide) groups is 1. The van der Waals surface area contributed by atoms with Crippen LogP contribution in [-0.2, 0) is 4.79 Å². The molecule has 0 unspecified atom stereocenters. The lowest BCUT2D eigenvalue weighted by atomic mass is 10.1. The fourth-order valence-corrected chi connectivity index (χ4v) is 3.57. The number of hydrazine groups is 1. The second-order valence-electron chi connectivity index (χ2n) is 6.19. The third kappa shape index (κ3) is 4.13. The number of fused-ring (bicyclic) bond motifs is 2. The van der Waals surface area contributed by atoms with E-state index in [4.69, 9.17) is 0 Å². The van der Waals surface area contributed by atoms with Crippen molar-refractivity contribution in [2.45, 2.75) is 4.90 Å². The smallest absolute Gasteiger partial charge is 0.272 e.